The van der Waals surface area contributed by atoms with Crippen molar-refractivity contribution in [2.45, 2.75) is 72.5 Å². The molecule has 0 spiro atoms. The third-order valence-corrected chi connectivity index (χ3v) is 9.59. The van der Waals surface area contributed by atoms with E-state index < -0.39 is 41.9 Å². The number of aryl methyl sites for hydroxylation is 3. The van der Waals surface area contributed by atoms with Crippen LogP contribution in [0.5, 0.6) is 0 Å². The van der Waals surface area contributed by atoms with Crippen molar-refractivity contribution in [3.8, 4) is 0 Å². The fourth-order valence-corrected chi connectivity index (χ4v) is 6.59. The third-order valence-electron chi connectivity index (χ3n) is 9.59. The van der Waals surface area contributed by atoms with Crippen LogP contribution in [0.3, 0.4) is 0 Å². The molecule has 4 N–H and O–H groups in total. The zero-order valence-corrected chi connectivity index (χ0v) is 31.8. The molecule has 14 heteroatoms. The molecule has 54 heavy (non-hydrogen) atoms. The first-order valence-corrected chi connectivity index (χ1v) is 18.4. The molecular formula is C40H50N8O6. The smallest absolute Gasteiger partial charge is 0.263 e. The molecular weight excluding hydrogens is 688 g/mol. The van der Waals surface area contributed by atoms with Gasteiger partial charge in [0.05, 0.1) is 17.6 Å². The average molecular weight is 739 g/mol. The number of nitrogens with zero attached hydrogens (tertiary/aromatic N) is 4. The molecule has 0 fully saturated rings. The summed E-state index contributed by atoms with van der Waals surface area (Å²) in [5.74, 6) is -1.50. The fraction of sp³-hybridized carbons (Fsp3) is 0.425. The lowest BCUT2D eigenvalue weighted by atomic mass is 10.0. The highest BCUT2D eigenvalue weighted by Gasteiger charge is 2.29. The Morgan fingerprint density at radius 3 is 2.37 bits per heavy atom. The maximum Gasteiger partial charge on any atom is 0.263 e. The van der Waals surface area contributed by atoms with Crippen LogP contribution in [0, 0.1) is 19.8 Å². The van der Waals surface area contributed by atoms with Crippen molar-refractivity contribution >= 4 is 40.6 Å². The molecule has 1 aliphatic heterocycles. The number of hydrogen-bond acceptors (Lipinski definition) is 7. The number of carbonyl (C=O) groups is 5. The lowest BCUT2D eigenvalue weighted by Gasteiger charge is -2.26. The van der Waals surface area contributed by atoms with Crippen LogP contribution in [0.15, 0.2) is 59.4 Å². The van der Waals surface area contributed by atoms with Gasteiger partial charge >= 0.3 is 0 Å². The maximum absolute atomic E-state index is 14.1. The van der Waals surface area contributed by atoms with Gasteiger partial charge in [0, 0.05) is 57.3 Å². The first-order chi connectivity index (χ1) is 25.7. The van der Waals surface area contributed by atoms with Gasteiger partial charge < -0.3 is 35.3 Å². The van der Waals surface area contributed by atoms with Crippen molar-refractivity contribution in [1.82, 2.24) is 40.3 Å². The van der Waals surface area contributed by atoms with Crippen LogP contribution >= 0.6 is 0 Å². The van der Waals surface area contributed by atoms with Crippen LogP contribution in [0.2, 0.25) is 0 Å². The normalized spacial score (nSPS) is 18.2. The molecule has 0 unspecified atom stereocenters. The van der Waals surface area contributed by atoms with Gasteiger partial charge in [0.1, 0.15) is 23.5 Å². The Morgan fingerprint density at radius 2 is 1.65 bits per heavy atom. The summed E-state index contributed by atoms with van der Waals surface area (Å²) < 4.78 is 3.44. The highest BCUT2D eigenvalue weighted by atomic mass is 16.2. The molecule has 2 aromatic heterocycles. The van der Waals surface area contributed by atoms with E-state index in [-0.39, 0.29) is 36.9 Å². The Hall–Kier alpha value is -5.79. The number of imidazole rings is 1. The van der Waals surface area contributed by atoms with Gasteiger partial charge in [-0.15, -0.1) is 0 Å². The summed E-state index contributed by atoms with van der Waals surface area (Å²) in [6.45, 7) is 9.41. The second kappa shape index (κ2) is 17.4. The molecule has 286 valence electrons. The number of amides is 5. The van der Waals surface area contributed by atoms with E-state index >= 15 is 0 Å². The van der Waals surface area contributed by atoms with E-state index in [1.165, 1.54) is 9.47 Å². The van der Waals surface area contributed by atoms with Crippen molar-refractivity contribution in [3.63, 3.8) is 0 Å². The van der Waals surface area contributed by atoms with Crippen LogP contribution in [-0.4, -0.2) is 86.8 Å². The number of hydrogen-bond donors (Lipinski definition) is 4. The summed E-state index contributed by atoms with van der Waals surface area (Å²) in [6.07, 6.45) is 1.40. The molecule has 0 radical (unpaired) electrons. The van der Waals surface area contributed by atoms with Crippen molar-refractivity contribution in [3.05, 3.63) is 98.7 Å². The zero-order valence-electron chi connectivity index (χ0n) is 31.8. The summed E-state index contributed by atoms with van der Waals surface area (Å²) in [4.78, 5) is 87.5. The number of benzene rings is 2. The van der Waals surface area contributed by atoms with E-state index in [4.69, 9.17) is 4.98 Å². The molecule has 2 atom stereocenters. The number of nitrogens with one attached hydrogen (secondary N) is 4. The van der Waals surface area contributed by atoms with Crippen molar-refractivity contribution in [2.24, 2.45) is 13.0 Å². The molecule has 0 saturated heterocycles. The standard InChI is InChI=1S/C40H50N8O6/c1-24(2)19-33-44-30-14-13-29-22-32(30)48(33)17-10-15-41-36(50)27(5)43-38(52)31(21-28-11-8-7-9-12-28)45-34(49)23-47(18-16-42-37(29)51)40(54)35-25(3)20-26(4)46(6)39(35)53/h7-9,11-14,20,22,24,27,31H,10,15-19,21,23H2,1-6H3,(H,41,50)(H,42,51)(H,43,52)(H,45,49)/t27-,31+/m1/s1. The number of carbonyl (C=O) groups excluding carboxylic acids is 5. The minimum Gasteiger partial charge on any atom is -0.354 e. The number of aromatic nitrogens is 3. The molecule has 3 heterocycles. The first kappa shape index (κ1) is 39.4. The number of rotatable bonds is 5. The van der Waals surface area contributed by atoms with E-state index in [1.807, 2.05) is 30.3 Å². The van der Waals surface area contributed by atoms with Crippen LogP contribution in [0.1, 0.15) is 70.6 Å². The largest absolute Gasteiger partial charge is 0.354 e. The van der Waals surface area contributed by atoms with E-state index in [1.54, 1.807) is 52.1 Å². The lowest BCUT2D eigenvalue weighted by Crippen LogP contribution is -2.55. The van der Waals surface area contributed by atoms with Crippen LogP contribution in [-0.2, 0) is 40.8 Å². The van der Waals surface area contributed by atoms with Gasteiger partial charge in [-0.1, -0.05) is 44.2 Å². The fourth-order valence-electron chi connectivity index (χ4n) is 6.59. The van der Waals surface area contributed by atoms with E-state index in [0.29, 0.717) is 42.2 Å². The third kappa shape index (κ3) is 9.41. The summed E-state index contributed by atoms with van der Waals surface area (Å²) in [5.41, 5.74) is 3.17. The Bertz CT molecular complexity index is 2100. The van der Waals surface area contributed by atoms with Gasteiger partial charge in [-0.25, -0.2) is 4.98 Å². The Labute approximate surface area is 314 Å². The Balaban J connectivity index is 1.49. The van der Waals surface area contributed by atoms with Gasteiger partial charge in [-0.2, -0.15) is 0 Å². The molecule has 0 aliphatic carbocycles. The van der Waals surface area contributed by atoms with Gasteiger partial charge in [-0.3, -0.25) is 28.8 Å². The average Bonchev–Trinajstić information content (AvgIpc) is 3.46. The predicted octanol–water partition coefficient (Wildman–Crippen LogP) is 2.17. The van der Waals surface area contributed by atoms with Crippen LogP contribution in [0.25, 0.3) is 11.0 Å². The highest BCUT2D eigenvalue weighted by Crippen LogP contribution is 2.21. The Kier molecular flexibility index (Phi) is 12.7. The van der Waals surface area contributed by atoms with E-state index in [2.05, 4.69) is 39.7 Å². The van der Waals surface area contributed by atoms with Gasteiger partial charge in [0.25, 0.3) is 17.4 Å². The summed E-state index contributed by atoms with van der Waals surface area (Å²) >= 11 is 0. The molecule has 4 aromatic rings. The topological polar surface area (TPSA) is 177 Å². The minimum absolute atomic E-state index is 0.0296. The Morgan fingerprint density at radius 1 is 0.907 bits per heavy atom. The monoisotopic (exact) mass is 738 g/mol. The van der Waals surface area contributed by atoms with Gasteiger partial charge in [0.15, 0.2) is 0 Å². The maximum atomic E-state index is 14.1. The SMILES string of the molecule is Cc1cc(C)n(C)c(=O)c1C(=O)N1CCNC(=O)c2ccc3nc(CC(C)C)n(c3c2)CCCNC(=O)[C@@H](C)NC(=O)[C@H](Cc2ccccc2)NC(=O)C1. The first-order valence-electron chi connectivity index (χ1n) is 18.4. The quantitative estimate of drug-likeness (QED) is 0.243. The summed E-state index contributed by atoms with van der Waals surface area (Å²) in [5, 5.41) is 11.2. The number of fused-ring (bicyclic) bond motifs is 1. The van der Waals surface area contributed by atoms with Gasteiger partial charge in [0.2, 0.25) is 17.7 Å². The molecule has 2 aromatic carbocycles. The second-order valence-electron chi connectivity index (χ2n) is 14.4. The highest BCUT2D eigenvalue weighted by molar-refractivity contribution is 5.99. The van der Waals surface area contributed by atoms with E-state index in [9.17, 15) is 28.8 Å². The summed E-state index contributed by atoms with van der Waals surface area (Å²) in [7, 11) is 1.56. The zero-order chi connectivity index (χ0) is 39.1. The van der Waals surface area contributed by atoms with Gasteiger partial charge in [-0.05, 0) is 68.5 Å². The minimum atomic E-state index is -1.09. The molecule has 2 bridgehead atoms. The van der Waals surface area contributed by atoms with Crippen LogP contribution in [0.4, 0.5) is 0 Å². The number of pyridine rings is 1. The lowest BCUT2D eigenvalue weighted by molar-refractivity contribution is -0.132. The van der Waals surface area contributed by atoms with Crippen molar-refractivity contribution in [2.75, 3.05) is 26.2 Å². The van der Waals surface area contributed by atoms with E-state index in [0.717, 1.165) is 28.8 Å². The predicted molar refractivity (Wildman–Crippen MR) is 205 cm³/mol. The molecule has 14 nitrogen and oxygen atoms in total. The molecule has 5 amide bonds. The summed E-state index contributed by atoms with van der Waals surface area (Å²) in [6, 6.07) is 14.1. The van der Waals surface area contributed by atoms with Crippen molar-refractivity contribution in [1.29, 1.82) is 0 Å². The second-order valence-corrected chi connectivity index (χ2v) is 14.4. The van der Waals surface area contributed by atoms with Crippen LogP contribution < -0.4 is 26.8 Å². The molecule has 0 saturated carbocycles. The van der Waals surface area contributed by atoms with Crippen molar-refractivity contribution < 1.29 is 24.0 Å². The molecule has 5 rings (SSSR count). The molecule has 1 aliphatic rings.